The van der Waals surface area contributed by atoms with Crippen LogP contribution >= 0.6 is 24.4 Å². The van der Waals surface area contributed by atoms with E-state index >= 15 is 0 Å². The summed E-state index contributed by atoms with van der Waals surface area (Å²) in [4.78, 5) is 30.8. The molecule has 6 nitrogen and oxygen atoms in total. The maximum atomic E-state index is 12.3. The molecule has 134 valence electrons. The molecule has 0 unspecified atom stereocenters. The second-order valence-corrected chi connectivity index (χ2v) is 6.87. The Hall–Kier alpha value is -2.58. The lowest BCUT2D eigenvalue weighted by Gasteiger charge is -2.11. The molecule has 0 spiro atoms. The maximum Gasteiger partial charge on any atom is 0.276 e. The van der Waals surface area contributed by atoms with Crippen LogP contribution in [0.3, 0.4) is 0 Å². The van der Waals surface area contributed by atoms with Gasteiger partial charge in [-0.1, -0.05) is 18.2 Å². The monoisotopic (exact) mass is 386 g/mol. The standard InChI is InChI=1S/C18H18N4O2S2/c1-19-13(15(23)21(3)17(19)25)9-11-6-5-7-12(8-11)10-14-16(24)22(4)18(26)20(14)2/h5-10H,1-4H3/b13-9-,14-10-. The first-order chi connectivity index (χ1) is 12.2. The van der Waals surface area contributed by atoms with E-state index in [1.807, 2.05) is 24.3 Å². The van der Waals surface area contributed by atoms with Crippen molar-refractivity contribution >= 4 is 58.6 Å². The smallest absolute Gasteiger partial charge is 0.276 e. The highest BCUT2D eigenvalue weighted by molar-refractivity contribution is 7.80. The number of amides is 2. The van der Waals surface area contributed by atoms with Crippen molar-refractivity contribution in [3.8, 4) is 0 Å². The molecule has 1 aromatic rings. The molecule has 2 aliphatic rings. The summed E-state index contributed by atoms with van der Waals surface area (Å²) < 4.78 is 0. The van der Waals surface area contributed by atoms with Gasteiger partial charge in [0.15, 0.2) is 10.2 Å². The van der Waals surface area contributed by atoms with Crippen LogP contribution in [0.15, 0.2) is 35.7 Å². The topological polar surface area (TPSA) is 47.1 Å². The van der Waals surface area contributed by atoms with Crippen molar-refractivity contribution in [2.75, 3.05) is 28.2 Å². The average Bonchev–Trinajstić information content (AvgIpc) is 2.92. The van der Waals surface area contributed by atoms with Gasteiger partial charge in [-0.3, -0.25) is 19.4 Å². The molecule has 1 aromatic carbocycles. The number of rotatable bonds is 2. The Morgan fingerprint density at radius 2 is 1.12 bits per heavy atom. The Bertz CT molecular complexity index is 837. The van der Waals surface area contributed by atoms with E-state index in [-0.39, 0.29) is 11.8 Å². The summed E-state index contributed by atoms with van der Waals surface area (Å²) in [5, 5.41) is 0.934. The fourth-order valence-electron chi connectivity index (χ4n) is 2.83. The van der Waals surface area contributed by atoms with Gasteiger partial charge in [-0.15, -0.1) is 0 Å². The Balaban J connectivity index is 1.95. The van der Waals surface area contributed by atoms with Crippen LogP contribution in [0, 0.1) is 0 Å². The number of likely N-dealkylation sites (N-methyl/N-ethyl adjacent to an activating group) is 4. The highest BCUT2D eigenvalue weighted by atomic mass is 32.1. The van der Waals surface area contributed by atoms with Gasteiger partial charge in [-0.05, 0) is 53.8 Å². The Morgan fingerprint density at radius 3 is 1.42 bits per heavy atom. The molecule has 0 atom stereocenters. The van der Waals surface area contributed by atoms with E-state index in [2.05, 4.69) is 0 Å². The molecule has 0 aliphatic carbocycles. The van der Waals surface area contributed by atoms with Gasteiger partial charge < -0.3 is 9.80 Å². The van der Waals surface area contributed by atoms with E-state index in [0.717, 1.165) is 11.1 Å². The van der Waals surface area contributed by atoms with E-state index in [4.69, 9.17) is 24.4 Å². The molecule has 3 rings (SSSR count). The molecule has 0 N–H and O–H groups in total. The number of benzene rings is 1. The van der Waals surface area contributed by atoms with E-state index < -0.39 is 0 Å². The lowest BCUT2D eigenvalue weighted by molar-refractivity contribution is -0.122. The van der Waals surface area contributed by atoms with E-state index in [0.29, 0.717) is 21.6 Å². The predicted octanol–water partition coefficient (Wildman–Crippen LogP) is 1.75. The first-order valence-corrected chi connectivity index (χ1v) is 8.69. The Labute approximate surface area is 162 Å². The van der Waals surface area contributed by atoms with Crippen molar-refractivity contribution in [1.29, 1.82) is 0 Å². The molecule has 0 bridgehead atoms. The number of nitrogens with zero attached hydrogens (tertiary/aromatic N) is 4. The molecule has 8 heteroatoms. The van der Waals surface area contributed by atoms with E-state index in [1.54, 1.807) is 50.1 Å². The zero-order chi connectivity index (χ0) is 19.2. The fraction of sp³-hybridized carbons (Fsp3) is 0.222. The molecular formula is C18H18N4O2S2. The van der Waals surface area contributed by atoms with Crippen molar-refractivity contribution < 1.29 is 9.59 Å². The van der Waals surface area contributed by atoms with Crippen LogP contribution < -0.4 is 0 Å². The molecule has 2 fully saturated rings. The number of carbonyl (C=O) groups excluding carboxylic acids is 2. The number of thiocarbonyl (C=S) groups is 2. The summed E-state index contributed by atoms with van der Waals surface area (Å²) in [6.45, 7) is 0. The molecule has 2 saturated heterocycles. The van der Waals surface area contributed by atoms with Crippen molar-refractivity contribution in [1.82, 2.24) is 19.6 Å². The summed E-state index contributed by atoms with van der Waals surface area (Å²) in [5.74, 6) is -0.280. The summed E-state index contributed by atoms with van der Waals surface area (Å²) in [5.41, 5.74) is 2.71. The largest absolute Gasteiger partial charge is 0.317 e. The average molecular weight is 387 g/mol. The van der Waals surface area contributed by atoms with Gasteiger partial charge >= 0.3 is 0 Å². The van der Waals surface area contributed by atoms with Crippen molar-refractivity contribution in [3.05, 3.63) is 46.8 Å². The van der Waals surface area contributed by atoms with Crippen LogP contribution in [-0.2, 0) is 9.59 Å². The minimum absolute atomic E-state index is 0.140. The third kappa shape index (κ3) is 2.91. The molecule has 2 aliphatic heterocycles. The minimum Gasteiger partial charge on any atom is -0.317 e. The lowest BCUT2D eigenvalue weighted by Crippen LogP contribution is -2.26. The lowest BCUT2D eigenvalue weighted by atomic mass is 10.1. The van der Waals surface area contributed by atoms with Crippen LogP contribution in [0.4, 0.5) is 0 Å². The fourth-order valence-corrected chi connectivity index (χ4v) is 3.19. The van der Waals surface area contributed by atoms with Crippen molar-refractivity contribution in [3.63, 3.8) is 0 Å². The third-order valence-electron chi connectivity index (χ3n) is 4.44. The third-order valence-corrected chi connectivity index (χ3v) is 5.53. The zero-order valence-corrected chi connectivity index (χ0v) is 16.5. The van der Waals surface area contributed by atoms with Gasteiger partial charge in [-0.25, -0.2) is 0 Å². The highest BCUT2D eigenvalue weighted by Crippen LogP contribution is 2.23. The molecule has 0 saturated carbocycles. The van der Waals surface area contributed by atoms with Gasteiger partial charge in [-0.2, -0.15) is 0 Å². The van der Waals surface area contributed by atoms with Crippen LogP contribution in [0.1, 0.15) is 11.1 Å². The summed E-state index contributed by atoms with van der Waals surface area (Å²) in [7, 11) is 6.85. The second-order valence-electron chi connectivity index (χ2n) is 6.14. The van der Waals surface area contributed by atoms with Gasteiger partial charge in [0, 0.05) is 28.2 Å². The van der Waals surface area contributed by atoms with Crippen LogP contribution in [0.5, 0.6) is 0 Å². The molecule has 2 heterocycles. The van der Waals surface area contributed by atoms with Gasteiger partial charge in [0.25, 0.3) is 11.8 Å². The van der Waals surface area contributed by atoms with Gasteiger partial charge in [0.2, 0.25) is 0 Å². The maximum absolute atomic E-state index is 12.3. The number of hydrogen-bond donors (Lipinski definition) is 0. The number of hydrogen-bond acceptors (Lipinski definition) is 4. The van der Waals surface area contributed by atoms with E-state index in [1.165, 1.54) is 9.80 Å². The normalized spacial score (nSPS) is 21.2. The van der Waals surface area contributed by atoms with Crippen molar-refractivity contribution in [2.24, 2.45) is 0 Å². The molecule has 26 heavy (non-hydrogen) atoms. The highest BCUT2D eigenvalue weighted by Gasteiger charge is 2.33. The Morgan fingerprint density at radius 1 is 0.731 bits per heavy atom. The summed E-state index contributed by atoms with van der Waals surface area (Å²) in [6, 6.07) is 7.58. The number of carbonyl (C=O) groups is 2. The van der Waals surface area contributed by atoms with Crippen molar-refractivity contribution in [2.45, 2.75) is 0 Å². The van der Waals surface area contributed by atoms with Gasteiger partial charge in [0.1, 0.15) is 11.4 Å². The first-order valence-electron chi connectivity index (χ1n) is 7.87. The second kappa shape index (κ2) is 6.62. The molecular weight excluding hydrogens is 368 g/mol. The Kier molecular flexibility index (Phi) is 4.64. The molecule has 0 radical (unpaired) electrons. The summed E-state index contributed by atoms with van der Waals surface area (Å²) >= 11 is 10.4. The SMILES string of the molecule is CN1C(=O)/C(=C/c2cccc(/C=C3/C(=O)N(C)C(=S)N3C)c2)N(C)C1=S. The van der Waals surface area contributed by atoms with Gasteiger partial charge in [0.05, 0.1) is 0 Å². The first kappa shape index (κ1) is 18.2. The quantitative estimate of drug-likeness (QED) is 0.570. The van der Waals surface area contributed by atoms with Crippen LogP contribution in [-0.4, -0.2) is 69.8 Å². The molecule has 2 amide bonds. The predicted molar refractivity (Wildman–Crippen MR) is 109 cm³/mol. The molecule has 0 aromatic heterocycles. The summed E-state index contributed by atoms with van der Waals surface area (Å²) in [6.07, 6.45) is 3.58. The van der Waals surface area contributed by atoms with E-state index in [9.17, 15) is 9.59 Å². The van der Waals surface area contributed by atoms with Crippen LogP contribution in [0.25, 0.3) is 12.2 Å². The van der Waals surface area contributed by atoms with Crippen LogP contribution in [0.2, 0.25) is 0 Å². The minimum atomic E-state index is -0.140. The zero-order valence-electron chi connectivity index (χ0n) is 14.9.